The van der Waals surface area contributed by atoms with E-state index in [-0.39, 0.29) is 18.3 Å². The van der Waals surface area contributed by atoms with Crippen LogP contribution in [0.15, 0.2) is 42.3 Å². The van der Waals surface area contributed by atoms with Gasteiger partial charge in [-0.05, 0) is 11.5 Å². The van der Waals surface area contributed by atoms with E-state index in [1.54, 1.807) is 13.8 Å². The third kappa shape index (κ3) is 5.93. The van der Waals surface area contributed by atoms with Crippen LogP contribution in [0.5, 0.6) is 0 Å². The summed E-state index contributed by atoms with van der Waals surface area (Å²) in [6.07, 6.45) is -0.787. The van der Waals surface area contributed by atoms with Crippen molar-refractivity contribution < 1.29 is 19.5 Å². The SMILES string of the molecule is CC(C)[C@@H](ONC(=O)OCc1ccccc1)/C(O)=C/[N+]#N. The van der Waals surface area contributed by atoms with E-state index >= 15 is 0 Å². The fraction of sp³-hybridized carbons (Fsp3) is 0.357. The molecule has 0 spiro atoms. The van der Waals surface area contributed by atoms with E-state index < -0.39 is 12.2 Å². The summed E-state index contributed by atoms with van der Waals surface area (Å²) in [5, 5.41) is 18.0. The number of aliphatic hydroxyl groups is 1. The minimum Gasteiger partial charge on any atom is -0.503 e. The molecule has 1 aromatic rings. The van der Waals surface area contributed by atoms with Crippen LogP contribution < -0.4 is 5.48 Å². The van der Waals surface area contributed by atoms with Crippen LogP contribution in [-0.4, -0.2) is 17.3 Å². The van der Waals surface area contributed by atoms with E-state index in [1.807, 2.05) is 30.3 Å². The highest BCUT2D eigenvalue weighted by Gasteiger charge is 2.23. The number of nitrogens with one attached hydrogen (secondary N) is 1. The molecule has 0 unspecified atom stereocenters. The van der Waals surface area contributed by atoms with Crippen molar-refractivity contribution in [3.8, 4) is 0 Å². The molecule has 0 bridgehead atoms. The average Bonchev–Trinajstić information content (AvgIpc) is 2.46. The number of nitrogens with zero attached hydrogens (tertiary/aromatic N) is 2. The number of carbonyl (C=O) groups is 1. The van der Waals surface area contributed by atoms with Crippen LogP contribution in [0.3, 0.4) is 0 Å². The molecule has 2 N–H and O–H groups in total. The molecule has 0 saturated carbocycles. The summed E-state index contributed by atoms with van der Waals surface area (Å²) in [5.74, 6) is -0.465. The predicted molar refractivity (Wildman–Crippen MR) is 75.3 cm³/mol. The number of hydroxylamine groups is 1. The zero-order chi connectivity index (χ0) is 15.7. The van der Waals surface area contributed by atoms with Crippen molar-refractivity contribution in [1.29, 1.82) is 5.39 Å². The summed E-state index contributed by atoms with van der Waals surface area (Å²) in [7, 11) is 0. The minimum atomic E-state index is -0.842. The van der Waals surface area contributed by atoms with Gasteiger partial charge in [-0.15, -0.1) is 0 Å². The molecule has 1 rings (SSSR count). The first-order valence-corrected chi connectivity index (χ1v) is 6.40. The lowest BCUT2D eigenvalue weighted by Crippen LogP contribution is -2.34. The number of benzene rings is 1. The number of ether oxygens (including phenoxy) is 1. The maximum Gasteiger partial charge on any atom is 0.431 e. The molecule has 7 heteroatoms. The molecule has 0 aliphatic heterocycles. The van der Waals surface area contributed by atoms with Gasteiger partial charge in [-0.1, -0.05) is 44.2 Å². The van der Waals surface area contributed by atoms with Gasteiger partial charge in [0.1, 0.15) is 6.61 Å². The van der Waals surface area contributed by atoms with E-state index in [2.05, 4.69) is 10.5 Å². The molecular weight excluding hydrogens is 274 g/mol. The predicted octanol–water partition coefficient (Wildman–Crippen LogP) is 3.12. The van der Waals surface area contributed by atoms with Gasteiger partial charge < -0.3 is 9.84 Å². The van der Waals surface area contributed by atoms with E-state index in [0.29, 0.717) is 0 Å². The van der Waals surface area contributed by atoms with Crippen molar-refractivity contribution in [3.05, 3.63) is 52.8 Å². The van der Waals surface area contributed by atoms with Gasteiger partial charge in [0, 0.05) is 0 Å². The van der Waals surface area contributed by atoms with E-state index in [1.165, 1.54) is 0 Å². The number of hydrogen-bond acceptors (Lipinski definition) is 5. The number of carbonyl (C=O) groups excluding carboxylic acids is 1. The first-order valence-electron chi connectivity index (χ1n) is 6.40. The van der Waals surface area contributed by atoms with E-state index in [0.717, 1.165) is 11.8 Å². The average molecular weight is 292 g/mol. The fourth-order valence-electron chi connectivity index (χ4n) is 1.53. The second-order valence-electron chi connectivity index (χ2n) is 4.62. The van der Waals surface area contributed by atoms with Crippen LogP contribution in [-0.2, 0) is 16.2 Å². The monoisotopic (exact) mass is 292 g/mol. The summed E-state index contributed by atoms with van der Waals surface area (Å²) in [6.45, 7) is 3.64. The Morgan fingerprint density at radius 3 is 2.67 bits per heavy atom. The van der Waals surface area contributed by atoms with Crippen LogP contribution >= 0.6 is 0 Å². The summed E-state index contributed by atoms with van der Waals surface area (Å²) in [4.78, 5) is 19.3. The van der Waals surface area contributed by atoms with Gasteiger partial charge in [0.15, 0.2) is 11.1 Å². The van der Waals surface area contributed by atoms with Gasteiger partial charge in [-0.25, -0.2) is 4.79 Å². The zero-order valence-electron chi connectivity index (χ0n) is 11.9. The van der Waals surface area contributed by atoms with Gasteiger partial charge in [0.2, 0.25) is 11.2 Å². The molecule has 0 saturated heterocycles. The molecule has 1 aromatic carbocycles. The normalized spacial score (nSPS) is 12.6. The van der Waals surface area contributed by atoms with Crippen LogP contribution in [0, 0.1) is 11.3 Å². The summed E-state index contributed by atoms with van der Waals surface area (Å²) in [6, 6.07) is 9.18. The van der Waals surface area contributed by atoms with Crippen molar-refractivity contribution in [1.82, 2.24) is 5.48 Å². The highest BCUT2D eigenvalue weighted by Crippen LogP contribution is 2.13. The Balaban J connectivity index is 2.44. The summed E-state index contributed by atoms with van der Waals surface area (Å²) < 4.78 is 4.95. The molecular formula is C14H18N3O4+. The molecule has 1 amide bonds. The number of diazo groups is 1. The van der Waals surface area contributed by atoms with Crippen LogP contribution in [0.2, 0.25) is 0 Å². The first kappa shape index (κ1) is 16.5. The molecule has 112 valence electrons. The lowest BCUT2D eigenvalue weighted by molar-refractivity contribution is -0.0433. The quantitative estimate of drug-likeness (QED) is 0.477. The molecule has 1 atom stereocenters. The fourth-order valence-corrected chi connectivity index (χ4v) is 1.53. The molecule has 0 aliphatic carbocycles. The molecule has 0 aromatic heterocycles. The second-order valence-corrected chi connectivity index (χ2v) is 4.62. The third-order valence-electron chi connectivity index (χ3n) is 2.57. The Labute approximate surface area is 122 Å². The summed E-state index contributed by atoms with van der Waals surface area (Å²) in [5.41, 5.74) is 2.93. The Morgan fingerprint density at radius 1 is 1.43 bits per heavy atom. The second kappa shape index (κ2) is 8.55. The zero-order valence-corrected chi connectivity index (χ0v) is 11.9. The smallest absolute Gasteiger partial charge is 0.431 e. The van der Waals surface area contributed by atoms with Gasteiger partial charge in [0.25, 0.3) is 0 Å². The number of amides is 1. The van der Waals surface area contributed by atoms with Crippen molar-refractivity contribution >= 4 is 6.09 Å². The lowest BCUT2D eigenvalue weighted by atomic mass is 10.1. The van der Waals surface area contributed by atoms with E-state index in [9.17, 15) is 9.90 Å². The number of hydrogen-bond donors (Lipinski definition) is 2. The van der Waals surface area contributed by atoms with Gasteiger partial charge in [-0.3, -0.25) is 4.84 Å². The Morgan fingerprint density at radius 2 is 2.10 bits per heavy atom. The molecule has 21 heavy (non-hydrogen) atoms. The molecule has 0 fully saturated rings. The number of rotatable bonds is 6. The Hall–Kier alpha value is -2.59. The number of aliphatic hydroxyl groups excluding tert-OH is 1. The van der Waals surface area contributed by atoms with Crippen molar-refractivity contribution in [3.63, 3.8) is 0 Å². The molecule has 0 radical (unpaired) electrons. The van der Waals surface area contributed by atoms with E-state index in [4.69, 9.17) is 15.0 Å². The molecule has 0 heterocycles. The lowest BCUT2D eigenvalue weighted by Gasteiger charge is -2.18. The van der Waals surface area contributed by atoms with Gasteiger partial charge in [0.05, 0.1) is 0 Å². The summed E-state index contributed by atoms with van der Waals surface area (Å²) >= 11 is 0. The Kier molecular flexibility index (Phi) is 6.71. The van der Waals surface area contributed by atoms with Crippen molar-refractivity contribution in [2.75, 3.05) is 0 Å². The maximum absolute atomic E-state index is 11.5. The molecule has 0 aliphatic rings. The van der Waals surface area contributed by atoms with Crippen LogP contribution in [0.1, 0.15) is 19.4 Å². The maximum atomic E-state index is 11.5. The van der Waals surface area contributed by atoms with Gasteiger partial charge in [-0.2, -0.15) is 5.48 Å². The minimum absolute atomic E-state index is 0.107. The van der Waals surface area contributed by atoms with Gasteiger partial charge >= 0.3 is 12.3 Å². The van der Waals surface area contributed by atoms with Crippen LogP contribution in [0.4, 0.5) is 4.79 Å². The first-order chi connectivity index (χ1) is 10.0. The van der Waals surface area contributed by atoms with Crippen molar-refractivity contribution in [2.45, 2.75) is 26.6 Å². The topological polar surface area (TPSA) is 95.9 Å². The largest absolute Gasteiger partial charge is 0.503 e. The van der Waals surface area contributed by atoms with Crippen molar-refractivity contribution in [2.24, 2.45) is 5.92 Å². The molecule has 7 nitrogen and oxygen atoms in total. The third-order valence-corrected chi connectivity index (χ3v) is 2.57. The highest BCUT2D eigenvalue weighted by atomic mass is 16.7. The Bertz CT molecular complexity index is 523. The standard InChI is InChI=1S/C14H17N3O4/c1-10(2)13(12(18)8-16-15)21-17-14(19)20-9-11-6-4-3-5-7-11/h3-8,10,13H,9H2,1-2H3,(H-,17,18,19)/p+1/b12-8-/t13-/m1/s1. The highest BCUT2D eigenvalue weighted by molar-refractivity contribution is 5.65. The van der Waals surface area contributed by atoms with Crippen LogP contribution in [0.25, 0.3) is 4.98 Å².